The first-order chi connectivity index (χ1) is 8.23. The molecule has 0 aromatic rings. The number of rotatable bonds is 7. The minimum Gasteiger partial charge on any atom is -0.453 e. The summed E-state index contributed by atoms with van der Waals surface area (Å²) in [7, 11) is 1.21. The van der Waals surface area contributed by atoms with Crippen LogP contribution in [0.1, 0.15) is 33.6 Å². The number of carbonyl (C=O) groups is 2. The number of nitrogens with one attached hydrogen (secondary N) is 1. The number of alkyl carbamates (subject to hydrolysis) is 1. The third kappa shape index (κ3) is 5.73. The fraction of sp³-hybridized carbons (Fsp3) is 0.833. The highest BCUT2D eigenvalue weighted by atomic mass is 32.1. The lowest BCUT2D eigenvalue weighted by atomic mass is 9.87. The molecular weight excluding hydrogens is 254 g/mol. The number of thiol groups is 1. The first-order valence-corrected chi connectivity index (χ1v) is 6.58. The zero-order valence-corrected chi connectivity index (χ0v) is 12.3. The molecule has 0 rings (SSSR count). The van der Waals surface area contributed by atoms with Crippen LogP contribution in [0.2, 0.25) is 0 Å². The third-order valence-electron chi connectivity index (χ3n) is 2.72. The molecule has 0 bridgehead atoms. The van der Waals surface area contributed by atoms with E-state index in [0.717, 1.165) is 6.42 Å². The van der Waals surface area contributed by atoms with Crippen LogP contribution >= 0.6 is 12.6 Å². The van der Waals surface area contributed by atoms with E-state index in [9.17, 15) is 14.7 Å². The van der Waals surface area contributed by atoms with Crippen molar-refractivity contribution in [2.24, 2.45) is 5.92 Å². The van der Waals surface area contributed by atoms with Crippen LogP contribution in [0.3, 0.4) is 0 Å². The van der Waals surface area contributed by atoms with Gasteiger partial charge in [0.25, 0.3) is 0 Å². The predicted molar refractivity (Wildman–Crippen MR) is 72.9 cm³/mol. The van der Waals surface area contributed by atoms with Crippen molar-refractivity contribution in [2.45, 2.75) is 45.3 Å². The molecule has 106 valence electrons. The number of hydrogen-bond donors (Lipinski definition) is 3. The average molecular weight is 277 g/mol. The van der Waals surface area contributed by atoms with Crippen molar-refractivity contribution in [1.82, 2.24) is 5.32 Å². The second-order valence-electron chi connectivity index (χ2n) is 4.89. The van der Waals surface area contributed by atoms with Gasteiger partial charge in [-0.25, -0.2) is 4.79 Å². The van der Waals surface area contributed by atoms with Crippen LogP contribution in [0.25, 0.3) is 0 Å². The molecule has 2 atom stereocenters. The van der Waals surface area contributed by atoms with Crippen molar-refractivity contribution in [1.29, 1.82) is 0 Å². The maximum atomic E-state index is 12.2. The Morgan fingerprint density at radius 1 is 1.44 bits per heavy atom. The van der Waals surface area contributed by atoms with Gasteiger partial charge in [-0.05, 0) is 32.4 Å². The molecule has 5 nitrogen and oxygen atoms in total. The topological polar surface area (TPSA) is 75.6 Å². The summed E-state index contributed by atoms with van der Waals surface area (Å²) >= 11 is 4.09. The summed E-state index contributed by atoms with van der Waals surface area (Å²) in [6.45, 7) is 4.75. The molecule has 0 radical (unpaired) electrons. The molecule has 0 aromatic carbocycles. The van der Waals surface area contributed by atoms with Crippen molar-refractivity contribution < 1.29 is 19.4 Å². The second kappa shape index (κ2) is 7.63. The Bertz CT molecular complexity index is 288. The van der Waals surface area contributed by atoms with Gasteiger partial charge in [-0.1, -0.05) is 6.92 Å². The fourth-order valence-corrected chi connectivity index (χ4v) is 1.78. The van der Waals surface area contributed by atoms with E-state index in [1.807, 2.05) is 0 Å². The molecule has 0 saturated heterocycles. The van der Waals surface area contributed by atoms with E-state index in [4.69, 9.17) is 0 Å². The SMILES string of the molecule is COC(=O)N[C@H](C(=O)C(C)CCCS)C(C)(C)O. The number of hydrogen-bond acceptors (Lipinski definition) is 5. The van der Waals surface area contributed by atoms with Gasteiger partial charge in [0.05, 0.1) is 12.7 Å². The van der Waals surface area contributed by atoms with Crippen LogP contribution in [0.15, 0.2) is 0 Å². The summed E-state index contributed by atoms with van der Waals surface area (Å²) < 4.78 is 4.46. The number of carbonyl (C=O) groups excluding carboxylic acids is 2. The zero-order valence-electron chi connectivity index (χ0n) is 11.4. The lowest BCUT2D eigenvalue weighted by Crippen LogP contribution is -2.55. The van der Waals surface area contributed by atoms with Gasteiger partial charge in [-0.15, -0.1) is 0 Å². The van der Waals surface area contributed by atoms with Crippen LogP contribution in [-0.2, 0) is 9.53 Å². The van der Waals surface area contributed by atoms with Crippen LogP contribution < -0.4 is 5.32 Å². The molecule has 1 amide bonds. The van der Waals surface area contributed by atoms with Gasteiger partial charge in [-0.3, -0.25) is 4.79 Å². The van der Waals surface area contributed by atoms with Crippen LogP contribution in [0.5, 0.6) is 0 Å². The highest BCUT2D eigenvalue weighted by Gasteiger charge is 2.36. The fourth-order valence-electron chi connectivity index (χ4n) is 1.60. The smallest absolute Gasteiger partial charge is 0.407 e. The molecule has 0 aliphatic heterocycles. The zero-order chi connectivity index (χ0) is 14.3. The number of Topliss-reactive ketones (excluding diaryl/α,β-unsaturated/α-hetero) is 1. The molecule has 1 unspecified atom stereocenters. The van der Waals surface area contributed by atoms with Crippen LogP contribution in [-0.4, -0.2) is 41.5 Å². The van der Waals surface area contributed by atoms with E-state index in [0.29, 0.717) is 12.2 Å². The first-order valence-electron chi connectivity index (χ1n) is 5.95. The molecule has 0 aliphatic carbocycles. The lowest BCUT2D eigenvalue weighted by molar-refractivity contribution is -0.130. The van der Waals surface area contributed by atoms with E-state index in [2.05, 4.69) is 22.7 Å². The number of aliphatic hydroxyl groups is 1. The third-order valence-corrected chi connectivity index (χ3v) is 3.04. The standard InChI is InChI=1S/C12H23NO4S/c1-8(6-5-7-18)9(14)10(12(2,3)16)13-11(15)17-4/h8,10,16,18H,5-7H2,1-4H3,(H,13,15)/t8?,10-/m1/s1. The Kier molecular flexibility index (Phi) is 7.32. The van der Waals surface area contributed by atoms with E-state index < -0.39 is 17.7 Å². The maximum absolute atomic E-state index is 12.2. The summed E-state index contributed by atoms with van der Waals surface area (Å²) in [6, 6.07) is -0.972. The van der Waals surface area contributed by atoms with Gasteiger partial charge in [0, 0.05) is 5.92 Å². The first kappa shape index (κ1) is 17.2. The summed E-state index contributed by atoms with van der Waals surface area (Å²) in [6.07, 6.45) is 0.766. The minimum atomic E-state index is -1.33. The Morgan fingerprint density at radius 3 is 2.39 bits per heavy atom. The summed E-state index contributed by atoms with van der Waals surface area (Å²) in [5, 5.41) is 12.3. The highest BCUT2D eigenvalue weighted by molar-refractivity contribution is 7.80. The Hall–Kier alpha value is -0.750. The van der Waals surface area contributed by atoms with E-state index in [1.165, 1.54) is 21.0 Å². The Balaban J connectivity index is 4.75. The molecule has 18 heavy (non-hydrogen) atoms. The summed E-state index contributed by atoms with van der Waals surface area (Å²) in [4.78, 5) is 23.4. The molecular formula is C12H23NO4S. The highest BCUT2D eigenvalue weighted by Crippen LogP contribution is 2.17. The Morgan fingerprint density at radius 2 is 2.00 bits per heavy atom. The number of ether oxygens (including phenoxy) is 1. The maximum Gasteiger partial charge on any atom is 0.407 e. The number of amides is 1. The van der Waals surface area contributed by atoms with Gasteiger partial charge in [0.2, 0.25) is 0 Å². The number of methoxy groups -OCH3 is 1. The van der Waals surface area contributed by atoms with Gasteiger partial charge < -0.3 is 15.2 Å². The van der Waals surface area contributed by atoms with Crippen molar-refractivity contribution in [2.75, 3.05) is 12.9 Å². The van der Waals surface area contributed by atoms with Gasteiger partial charge in [-0.2, -0.15) is 12.6 Å². The monoisotopic (exact) mass is 277 g/mol. The van der Waals surface area contributed by atoms with E-state index in [1.54, 1.807) is 6.92 Å². The quantitative estimate of drug-likeness (QED) is 0.615. The van der Waals surface area contributed by atoms with Crippen molar-refractivity contribution in [3.05, 3.63) is 0 Å². The molecule has 0 saturated carbocycles. The predicted octanol–water partition coefficient (Wildman–Crippen LogP) is 1.40. The molecule has 0 aliphatic rings. The molecule has 2 N–H and O–H groups in total. The second-order valence-corrected chi connectivity index (χ2v) is 5.34. The number of ketones is 1. The summed E-state index contributed by atoms with van der Waals surface area (Å²) in [5.41, 5.74) is -1.33. The largest absolute Gasteiger partial charge is 0.453 e. The van der Waals surface area contributed by atoms with E-state index >= 15 is 0 Å². The molecule has 0 fully saturated rings. The van der Waals surface area contributed by atoms with Crippen molar-refractivity contribution in [3.8, 4) is 0 Å². The summed E-state index contributed by atoms with van der Waals surface area (Å²) in [5.74, 6) is 0.260. The van der Waals surface area contributed by atoms with Crippen molar-refractivity contribution in [3.63, 3.8) is 0 Å². The molecule has 0 spiro atoms. The van der Waals surface area contributed by atoms with Gasteiger partial charge >= 0.3 is 6.09 Å². The lowest BCUT2D eigenvalue weighted by Gasteiger charge is -2.30. The Labute approximate surface area is 114 Å². The average Bonchev–Trinajstić information content (AvgIpc) is 2.30. The van der Waals surface area contributed by atoms with E-state index in [-0.39, 0.29) is 11.7 Å². The molecule has 0 aromatic heterocycles. The van der Waals surface area contributed by atoms with Crippen LogP contribution in [0.4, 0.5) is 4.79 Å². The van der Waals surface area contributed by atoms with Crippen LogP contribution in [0, 0.1) is 5.92 Å². The molecule has 0 heterocycles. The molecule has 6 heteroatoms. The minimum absolute atomic E-state index is 0.199. The van der Waals surface area contributed by atoms with Gasteiger partial charge in [0.15, 0.2) is 5.78 Å². The normalized spacial score (nSPS) is 14.8. The van der Waals surface area contributed by atoms with Crippen molar-refractivity contribution >= 4 is 24.5 Å². The van der Waals surface area contributed by atoms with Gasteiger partial charge in [0.1, 0.15) is 6.04 Å².